The maximum absolute atomic E-state index is 15.3. The van der Waals surface area contributed by atoms with Gasteiger partial charge in [-0.1, -0.05) is 24.3 Å². The number of hydrogen-bond donors (Lipinski definition) is 0. The zero-order valence-corrected chi connectivity index (χ0v) is 21.8. The van der Waals surface area contributed by atoms with Crippen LogP contribution in [0.15, 0.2) is 48.7 Å². The highest BCUT2D eigenvalue weighted by Gasteiger charge is 2.34. The third-order valence-electron chi connectivity index (χ3n) is 6.52. The summed E-state index contributed by atoms with van der Waals surface area (Å²) < 4.78 is 57.4. The molecule has 0 bridgehead atoms. The Labute approximate surface area is 214 Å². The number of benzene rings is 2. The average Bonchev–Trinajstić information content (AvgIpc) is 2.82. The lowest BCUT2D eigenvalue weighted by molar-refractivity contribution is -0.128. The Balaban J connectivity index is 1.56. The average molecular weight is 529 g/mol. The molecule has 1 aliphatic rings. The molecule has 9 heteroatoms. The van der Waals surface area contributed by atoms with Crippen molar-refractivity contribution in [1.82, 2.24) is 4.98 Å². The number of pyridine rings is 1. The summed E-state index contributed by atoms with van der Waals surface area (Å²) in [6.45, 7) is 4.97. The van der Waals surface area contributed by atoms with E-state index in [4.69, 9.17) is 0 Å². The summed E-state index contributed by atoms with van der Waals surface area (Å²) in [6.07, 6.45) is 1.89. The summed E-state index contributed by atoms with van der Waals surface area (Å²) in [6, 6.07) is 10.3. The minimum absolute atomic E-state index is 0.00683. The molecular formula is C28H28F3N2O3P. The minimum Gasteiger partial charge on any atom is -0.319 e. The van der Waals surface area contributed by atoms with Crippen LogP contribution in [-0.4, -0.2) is 36.5 Å². The van der Waals surface area contributed by atoms with Gasteiger partial charge in [0, 0.05) is 30.4 Å². The van der Waals surface area contributed by atoms with Gasteiger partial charge in [-0.15, -0.1) is 0 Å². The third-order valence-corrected chi connectivity index (χ3v) is 8.07. The van der Waals surface area contributed by atoms with Crippen molar-refractivity contribution in [2.24, 2.45) is 5.92 Å². The standard InChI is InChI=1S/C28H28F3N2O3P/c1-17-11-22(29)25(32-16-17)15-20(34)12-18-7-6-10-33(28(18)35)27-23(30)13-19(14-24(27)31)21-8-4-5-9-26(21)37(2,3)36/h4-5,8-9,11,13-14,16,18H,6-7,10,12,15H2,1-3H3/t18-/m0/s1. The number of amides is 1. The molecule has 0 N–H and O–H groups in total. The molecule has 5 nitrogen and oxygen atoms in total. The van der Waals surface area contributed by atoms with E-state index in [0.717, 1.165) is 17.0 Å². The first kappa shape index (κ1) is 26.8. The molecular weight excluding hydrogens is 500 g/mol. The van der Waals surface area contributed by atoms with E-state index in [0.29, 0.717) is 29.3 Å². The van der Waals surface area contributed by atoms with Crippen molar-refractivity contribution in [1.29, 1.82) is 0 Å². The second-order valence-corrected chi connectivity index (χ2v) is 13.0. The summed E-state index contributed by atoms with van der Waals surface area (Å²) in [5.74, 6) is -4.10. The SMILES string of the molecule is Cc1cnc(CC(=O)C[C@@H]2CCCN(c3c(F)cc(-c4ccccc4P(C)(C)=O)cc3F)C2=O)c(F)c1. The van der Waals surface area contributed by atoms with Gasteiger partial charge in [-0.3, -0.25) is 14.6 Å². The van der Waals surface area contributed by atoms with Gasteiger partial charge in [-0.2, -0.15) is 0 Å². The number of rotatable bonds is 7. The van der Waals surface area contributed by atoms with E-state index in [1.165, 1.54) is 12.3 Å². The van der Waals surface area contributed by atoms with Gasteiger partial charge in [0.05, 0.1) is 12.1 Å². The molecule has 4 rings (SSSR count). The fourth-order valence-corrected chi connectivity index (χ4v) is 5.98. The summed E-state index contributed by atoms with van der Waals surface area (Å²) in [4.78, 5) is 30.8. The van der Waals surface area contributed by atoms with Crippen molar-refractivity contribution in [2.45, 2.75) is 32.6 Å². The largest absolute Gasteiger partial charge is 0.319 e. The van der Waals surface area contributed by atoms with Crippen LogP contribution in [0, 0.1) is 30.3 Å². The lowest BCUT2D eigenvalue weighted by atomic mass is 9.90. The van der Waals surface area contributed by atoms with Crippen LogP contribution >= 0.6 is 7.14 Å². The van der Waals surface area contributed by atoms with Gasteiger partial charge >= 0.3 is 0 Å². The maximum atomic E-state index is 15.3. The third kappa shape index (κ3) is 5.85. The first-order valence-corrected chi connectivity index (χ1v) is 14.6. The van der Waals surface area contributed by atoms with Crippen molar-refractivity contribution in [2.75, 3.05) is 24.8 Å². The summed E-state index contributed by atoms with van der Waals surface area (Å²) in [5.41, 5.74) is 0.856. The Kier molecular flexibility index (Phi) is 7.69. The summed E-state index contributed by atoms with van der Waals surface area (Å²) in [7, 11) is -2.72. The number of aryl methyl sites for hydroxylation is 1. The molecule has 0 spiro atoms. The molecule has 2 heterocycles. The molecule has 2 aromatic carbocycles. The van der Waals surface area contributed by atoms with Gasteiger partial charge in [0.2, 0.25) is 5.91 Å². The van der Waals surface area contributed by atoms with E-state index in [2.05, 4.69) is 4.98 Å². The molecule has 0 saturated carbocycles. The molecule has 1 fully saturated rings. The number of ketones is 1. The molecule has 0 aliphatic carbocycles. The number of anilines is 1. The molecule has 3 aromatic rings. The number of carbonyl (C=O) groups is 2. The minimum atomic E-state index is -2.72. The zero-order valence-electron chi connectivity index (χ0n) is 20.9. The Bertz CT molecular complexity index is 1400. The smallest absolute Gasteiger partial charge is 0.230 e. The van der Waals surface area contributed by atoms with Gasteiger partial charge in [-0.25, -0.2) is 13.2 Å². The van der Waals surface area contributed by atoms with Crippen molar-refractivity contribution >= 4 is 29.8 Å². The molecule has 37 heavy (non-hydrogen) atoms. The quantitative estimate of drug-likeness (QED) is 0.371. The highest BCUT2D eigenvalue weighted by Crippen LogP contribution is 2.40. The van der Waals surface area contributed by atoms with Crippen LogP contribution in [0.2, 0.25) is 0 Å². The highest BCUT2D eigenvalue weighted by atomic mass is 31.2. The summed E-state index contributed by atoms with van der Waals surface area (Å²) in [5, 5.41) is 0.508. The summed E-state index contributed by atoms with van der Waals surface area (Å²) >= 11 is 0. The van der Waals surface area contributed by atoms with Crippen molar-refractivity contribution in [3.63, 3.8) is 0 Å². The Morgan fingerprint density at radius 2 is 1.76 bits per heavy atom. The Hall–Kier alpha value is -3.25. The fourth-order valence-electron chi connectivity index (χ4n) is 4.75. The number of aromatic nitrogens is 1. The molecule has 1 saturated heterocycles. The second-order valence-electron chi connectivity index (χ2n) is 9.85. The van der Waals surface area contributed by atoms with Crippen molar-refractivity contribution in [3.8, 4) is 11.1 Å². The van der Waals surface area contributed by atoms with Gasteiger partial charge in [0.1, 0.15) is 24.4 Å². The van der Waals surface area contributed by atoms with Crippen LogP contribution in [0.4, 0.5) is 18.9 Å². The Morgan fingerprint density at radius 3 is 2.41 bits per heavy atom. The normalized spacial score (nSPS) is 16.2. The lowest BCUT2D eigenvalue weighted by Gasteiger charge is -2.32. The number of Topliss-reactive ketones (excluding diaryl/α,β-unsaturated/α-hetero) is 1. The van der Waals surface area contributed by atoms with Crippen LogP contribution in [0.5, 0.6) is 0 Å². The van der Waals surface area contributed by atoms with E-state index in [1.54, 1.807) is 44.5 Å². The molecule has 1 amide bonds. The van der Waals surface area contributed by atoms with Crippen LogP contribution in [0.1, 0.15) is 30.5 Å². The fraction of sp³-hybridized carbons (Fsp3) is 0.321. The molecule has 1 atom stereocenters. The zero-order chi connectivity index (χ0) is 26.9. The van der Waals surface area contributed by atoms with Crippen LogP contribution < -0.4 is 10.2 Å². The second kappa shape index (κ2) is 10.6. The first-order valence-electron chi connectivity index (χ1n) is 12.0. The number of halogens is 3. The van der Waals surface area contributed by atoms with Crippen LogP contribution in [0.25, 0.3) is 11.1 Å². The Morgan fingerprint density at radius 1 is 1.08 bits per heavy atom. The van der Waals surface area contributed by atoms with E-state index >= 15 is 8.78 Å². The monoisotopic (exact) mass is 528 g/mol. The number of carbonyl (C=O) groups excluding carboxylic acids is 2. The molecule has 0 unspecified atom stereocenters. The van der Waals surface area contributed by atoms with Gasteiger partial charge in [0.25, 0.3) is 0 Å². The van der Waals surface area contributed by atoms with Gasteiger partial charge in [-0.05, 0) is 68.0 Å². The van der Waals surface area contributed by atoms with E-state index in [-0.39, 0.29) is 36.4 Å². The molecule has 0 radical (unpaired) electrons. The predicted octanol–water partition coefficient (Wildman–Crippen LogP) is 5.67. The van der Waals surface area contributed by atoms with E-state index < -0.39 is 42.1 Å². The van der Waals surface area contributed by atoms with E-state index in [1.807, 2.05) is 0 Å². The van der Waals surface area contributed by atoms with Crippen LogP contribution in [-0.2, 0) is 20.6 Å². The number of hydrogen-bond acceptors (Lipinski definition) is 4. The maximum Gasteiger partial charge on any atom is 0.230 e. The highest BCUT2D eigenvalue weighted by molar-refractivity contribution is 7.70. The number of nitrogens with zero attached hydrogens (tertiary/aromatic N) is 2. The van der Waals surface area contributed by atoms with Crippen LogP contribution in [0.3, 0.4) is 0 Å². The number of piperidine rings is 1. The van der Waals surface area contributed by atoms with Gasteiger partial charge in [0.15, 0.2) is 11.6 Å². The van der Waals surface area contributed by atoms with Crippen molar-refractivity contribution < 1.29 is 27.3 Å². The molecule has 1 aliphatic heterocycles. The van der Waals surface area contributed by atoms with Crippen molar-refractivity contribution in [3.05, 3.63) is 77.4 Å². The van der Waals surface area contributed by atoms with Gasteiger partial charge < -0.3 is 9.46 Å². The molecule has 194 valence electrons. The van der Waals surface area contributed by atoms with E-state index in [9.17, 15) is 18.5 Å². The molecule has 1 aromatic heterocycles. The first-order chi connectivity index (χ1) is 17.5. The lowest BCUT2D eigenvalue weighted by Crippen LogP contribution is -2.43. The predicted molar refractivity (Wildman–Crippen MR) is 138 cm³/mol. The topological polar surface area (TPSA) is 67.3 Å².